The molecule has 3 heteroatoms. The van der Waals surface area contributed by atoms with Gasteiger partial charge in [0.25, 0.3) is 0 Å². The highest BCUT2D eigenvalue weighted by molar-refractivity contribution is 5.48. The van der Waals surface area contributed by atoms with Crippen molar-refractivity contribution in [2.24, 2.45) is 0 Å². The minimum atomic E-state index is -0.133. The first kappa shape index (κ1) is 9.56. The van der Waals surface area contributed by atoms with Gasteiger partial charge in [0, 0.05) is 5.56 Å². The minimum Gasteiger partial charge on any atom is -0.496 e. The van der Waals surface area contributed by atoms with Crippen LogP contribution in [0.1, 0.15) is 16.7 Å². The van der Waals surface area contributed by atoms with Gasteiger partial charge < -0.3 is 9.84 Å². The fourth-order valence-corrected chi connectivity index (χ4v) is 1.26. The molecule has 1 N–H and O–H groups in total. The molecular formula is C10H11NO2. The first-order chi connectivity index (χ1) is 6.24. The third-order valence-corrected chi connectivity index (χ3v) is 2.05. The summed E-state index contributed by atoms with van der Waals surface area (Å²) in [7, 11) is 1.57. The molecule has 0 saturated carbocycles. The van der Waals surface area contributed by atoms with E-state index >= 15 is 0 Å². The number of nitriles is 1. The van der Waals surface area contributed by atoms with E-state index in [0.717, 1.165) is 5.56 Å². The molecule has 0 unspecified atom stereocenters. The summed E-state index contributed by atoms with van der Waals surface area (Å²) < 4.78 is 5.07. The molecule has 0 heterocycles. The molecule has 1 rings (SSSR count). The summed E-state index contributed by atoms with van der Waals surface area (Å²) >= 11 is 0. The molecule has 0 amide bonds. The molecule has 0 aromatic heterocycles. The maximum atomic E-state index is 9.04. The van der Waals surface area contributed by atoms with E-state index in [2.05, 4.69) is 0 Å². The van der Waals surface area contributed by atoms with Gasteiger partial charge in [-0.05, 0) is 24.6 Å². The number of benzene rings is 1. The van der Waals surface area contributed by atoms with Crippen LogP contribution in [0.4, 0.5) is 0 Å². The number of rotatable bonds is 2. The van der Waals surface area contributed by atoms with E-state index in [1.807, 2.05) is 13.0 Å². The van der Waals surface area contributed by atoms with Crippen LogP contribution in [0.15, 0.2) is 12.1 Å². The average molecular weight is 177 g/mol. The third-order valence-electron chi connectivity index (χ3n) is 2.05. The molecule has 0 aliphatic rings. The van der Waals surface area contributed by atoms with Crippen LogP contribution >= 0.6 is 0 Å². The zero-order chi connectivity index (χ0) is 9.84. The van der Waals surface area contributed by atoms with Crippen molar-refractivity contribution >= 4 is 0 Å². The van der Waals surface area contributed by atoms with Crippen LogP contribution in [-0.2, 0) is 6.61 Å². The number of hydrogen-bond donors (Lipinski definition) is 1. The van der Waals surface area contributed by atoms with Crippen LogP contribution in [0.25, 0.3) is 0 Å². The summed E-state index contributed by atoms with van der Waals surface area (Å²) in [5, 5.41) is 17.8. The molecule has 0 fully saturated rings. The summed E-state index contributed by atoms with van der Waals surface area (Å²) in [6.45, 7) is 1.69. The summed E-state index contributed by atoms with van der Waals surface area (Å²) in [6, 6.07) is 5.40. The predicted molar refractivity (Wildman–Crippen MR) is 48.4 cm³/mol. The molecular weight excluding hydrogens is 166 g/mol. The number of methoxy groups -OCH3 is 1. The predicted octanol–water partition coefficient (Wildman–Crippen LogP) is 1.37. The smallest absolute Gasteiger partial charge is 0.122 e. The van der Waals surface area contributed by atoms with Crippen molar-refractivity contribution in [2.75, 3.05) is 7.11 Å². The molecule has 0 radical (unpaired) electrons. The minimum absolute atomic E-state index is 0.133. The fraction of sp³-hybridized carbons (Fsp3) is 0.300. The molecule has 13 heavy (non-hydrogen) atoms. The second-order valence-corrected chi connectivity index (χ2v) is 2.69. The monoisotopic (exact) mass is 177 g/mol. The first-order valence-corrected chi connectivity index (χ1v) is 3.92. The Morgan fingerprint density at radius 3 is 2.69 bits per heavy atom. The number of aliphatic hydroxyl groups excluding tert-OH is 1. The van der Waals surface area contributed by atoms with Gasteiger partial charge in [0.2, 0.25) is 0 Å². The summed E-state index contributed by atoms with van der Waals surface area (Å²) in [5.74, 6) is 0.697. The molecule has 0 aliphatic carbocycles. The summed E-state index contributed by atoms with van der Waals surface area (Å²) in [4.78, 5) is 0. The van der Waals surface area contributed by atoms with Gasteiger partial charge in [-0.3, -0.25) is 0 Å². The number of nitrogens with zero attached hydrogens (tertiary/aromatic N) is 1. The largest absolute Gasteiger partial charge is 0.496 e. The lowest BCUT2D eigenvalue weighted by atomic mass is 10.0. The Morgan fingerprint density at radius 1 is 1.54 bits per heavy atom. The average Bonchev–Trinajstić information content (AvgIpc) is 2.17. The standard InChI is InChI=1S/C10H11NO2/c1-7-9(6-12)8(5-11)3-4-10(7)13-2/h3-4,12H,6H2,1-2H3. The highest BCUT2D eigenvalue weighted by atomic mass is 16.5. The van der Waals surface area contributed by atoms with Gasteiger partial charge in [-0.2, -0.15) is 5.26 Å². The third kappa shape index (κ3) is 1.63. The van der Waals surface area contributed by atoms with Gasteiger partial charge in [-0.25, -0.2) is 0 Å². The molecule has 1 aromatic rings. The van der Waals surface area contributed by atoms with E-state index in [4.69, 9.17) is 15.1 Å². The summed E-state index contributed by atoms with van der Waals surface area (Å²) in [5.41, 5.74) is 1.96. The van der Waals surface area contributed by atoms with Gasteiger partial charge in [0.05, 0.1) is 25.3 Å². The molecule has 68 valence electrons. The zero-order valence-electron chi connectivity index (χ0n) is 7.66. The second kappa shape index (κ2) is 3.92. The normalized spacial score (nSPS) is 9.38. The van der Waals surface area contributed by atoms with Crippen molar-refractivity contribution in [3.63, 3.8) is 0 Å². The molecule has 0 saturated heterocycles. The van der Waals surface area contributed by atoms with Crippen molar-refractivity contribution in [1.82, 2.24) is 0 Å². The Balaban J connectivity index is 3.34. The molecule has 3 nitrogen and oxygen atoms in total. The zero-order valence-corrected chi connectivity index (χ0v) is 7.66. The fourth-order valence-electron chi connectivity index (χ4n) is 1.26. The Bertz CT molecular complexity index is 353. The van der Waals surface area contributed by atoms with Crippen molar-refractivity contribution in [3.8, 4) is 11.8 Å². The number of hydrogen-bond acceptors (Lipinski definition) is 3. The van der Waals surface area contributed by atoms with E-state index in [0.29, 0.717) is 16.9 Å². The van der Waals surface area contributed by atoms with E-state index in [1.54, 1.807) is 19.2 Å². The molecule has 0 bridgehead atoms. The Morgan fingerprint density at radius 2 is 2.23 bits per heavy atom. The van der Waals surface area contributed by atoms with E-state index < -0.39 is 0 Å². The molecule has 0 aliphatic heterocycles. The van der Waals surface area contributed by atoms with E-state index in [9.17, 15) is 0 Å². The van der Waals surface area contributed by atoms with Crippen molar-refractivity contribution in [2.45, 2.75) is 13.5 Å². The molecule has 0 spiro atoms. The Labute approximate surface area is 77.2 Å². The SMILES string of the molecule is COc1ccc(C#N)c(CO)c1C. The molecule has 0 atom stereocenters. The molecule has 1 aromatic carbocycles. The number of ether oxygens (including phenoxy) is 1. The van der Waals surface area contributed by atoms with Crippen molar-refractivity contribution in [1.29, 1.82) is 5.26 Å². The number of aliphatic hydroxyl groups is 1. The lowest BCUT2D eigenvalue weighted by Gasteiger charge is -2.09. The van der Waals surface area contributed by atoms with Crippen molar-refractivity contribution < 1.29 is 9.84 Å². The van der Waals surface area contributed by atoms with Gasteiger partial charge in [-0.15, -0.1) is 0 Å². The van der Waals surface area contributed by atoms with Gasteiger partial charge in [0.15, 0.2) is 0 Å². The first-order valence-electron chi connectivity index (χ1n) is 3.92. The van der Waals surface area contributed by atoms with Crippen LogP contribution in [0.3, 0.4) is 0 Å². The van der Waals surface area contributed by atoms with Crippen LogP contribution in [-0.4, -0.2) is 12.2 Å². The maximum Gasteiger partial charge on any atom is 0.122 e. The van der Waals surface area contributed by atoms with Gasteiger partial charge in [0.1, 0.15) is 5.75 Å². The van der Waals surface area contributed by atoms with Crippen LogP contribution in [0.2, 0.25) is 0 Å². The maximum absolute atomic E-state index is 9.04. The Kier molecular flexibility index (Phi) is 2.88. The van der Waals surface area contributed by atoms with Crippen molar-refractivity contribution in [3.05, 3.63) is 28.8 Å². The lowest BCUT2D eigenvalue weighted by Crippen LogP contribution is -1.97. The van der Waals surface area contributed by atoms with Gasteiger partial charge >= 0.3 is 0 Å². The Hall–Kier alpha value is -1.53. The second-order valence-electron chi connectivity index (χ2n) is 2.69. The highest BCUT2D eigenvalue weighted by Crippen LogP contribution is 2.23. The quantitative estimate of drug-likeness (QED) is 0.742. The van der Waals surface area contributed by atoms with Crippen LogP contribution in [0, 0.1) is 18.3 Å². The van der Waals surface area contributed by atoms with E-state index in [-0.39, 0.29) is 6.61 Å². The van der Waals surface area contributed by atoms with Crippen LogP contribution in [0.5, 0.6) is 5.75 Å². The van der Waals surface area contributed by atoms with Gasteiger partial charge in [-0.1, -0.05) is 0 Å². The topological polar surface area (TPSA) is 53.2 Å². The van der Waals surface area contributed by atoms with E-state index in [1.165, 1.54) is 0 Å². The van der Waals surface area contributed by atoms with Crippen LogP contribution < -0.4 is 4.74 Å². The summed E-state index contributed by atoms with van der Waals surface area (Å²) in [6.07, 6.45) is 0. The highest BCUT2D eigenvalue weighted by Gasteiger charge is 2.08. The lowest BCUT2D eigenvalue weighted by molar-refractivity contribution is 0.279.